The summed E-state index contributed by atoms with van der Waals surface area (Å²) < 4.78 is 0. The fourth-order valence-electron chi connectivity index (χ4n) is 2.33. The van der Waals surface area contributed by atoms with Gasteiger partial charge in [-0.05, 0) is 31.6 Å². The maximum atomic E-state index is 11.8. The van der Waals surface area contributed by atoms with Crippen molar-refractivity contribution >= 4 is 23.6 Å². The van der Waals surface area contributed by atoms with Gasteiger partial charge in [0.2, 0.25) is 11.8 Å². The Labute approximate surface area is 118 Å². The van der Waals surface area contributed by atoms with Gasteiger partial charge in [0, 0.05) is 12.2 Å². The minimum atomic E-state index is -0.433. The largest absolute Gasteiger partial charge is 0.394 e. The van der Waals surface area contributed by atoms with E-state index in [1.165, 1.54) is 11.8 Å². The summed E-state index contributed by atoms with van der Waals surface area (Å²) in [7, 11) is 0. The predicted octanol–water partition coefficient (Wildman–Crippen LogP) is 0.652. The van der Waals surface area contributed by atoms with E-state index in [2.05, 4.69) is 12.2 Å². The van der Waals surface area contributed by atoms with E-state index >= 15 is 0 Å². The zero-order valence-corrected chi connectivity index (χ0v) is 12.3. The van der Waals surface area contributed by atoms with E-state index in [0.717, 1.165) is 25.7 Å². The highest BCUT2D eigenvalue weighted by Crippen LogP contribution is 2.31. The summed E-state index contributed by atoms with van der Waals surface area (Å²) in [5.41, 5.74) is 4.59. The van der Waals surface area contributed by atoms with Gasteiger partial charge in [0.15, 0.2) is 0 Å². The average molecular weight is 288 g/mol. The van der Waals surface area contributed by atoms with E-state index in [4.69, 9.17) is 5.73 Å². The van der Waals surface area contributed by atoms with Crippen LogP contribution >= 0.6 is 11.8 Å². The Morgan fingerprint density at radius 2 is 2.05 bits per heavy atom. The third-order valence-electron chi connectivity index (χ3n) is 3.66. The number of amides is 2. The van der Waals surface area contributed by atoms with Crippen molar-refractivity contribution in [3.05, 3.63) is 0 Å². The minimum Gasteiger partial charge on any atom is -0.394 e. The third-order valence-corrected chi connectivity index (χ3v) is 4.64. The molecule has 1 aliphatic rings. The van der Waals surface area contributed by atoms with Gasteiger partial charge in [-0.2, -0.15) is 11.8 Å². The summed E-state index contributed by atoms with van der Waals surface area (Å²) in [4.78, 5) is 22.4. The number of thioether (sulfide) groups is 1. The normalized spacial score (nSPS) is 26.9. The number of carbonyl (C=O) groups is 2. The number of hydrogen-bond donors (Lipinski definition) is 3. The van der Waals surface area contributed by atoms with Crippen molar-refractivity contribution in [1.82, 2.24) is 5.32 Å². The first kappa shape index (κ1) is 16.3. The van der Waals surface area contributed by atoms with Crippen LogP contribution in [0, 0.1) is 5.92 Å². The lowest BCUT2D eigenvalue weighted by atomic mass is 9.77. The van der Waals surface area contributed by atoms with Crippen LogP contribution in [0.5, 0.6) is 0 Å². The van der Waals surface area contributed by atoms with E-state index in [1.54, 1.807) is 0 Å². The molecule has 1 rings (SSSR count). The maximum absolute atomic E-state index is 11.8. The van der Waals surface area contributed by atoms with Crippen molar-refractivity contribution in [2.24, 2.45) is 11.7 Å². The maximum Gasteiger partial charge on any atom is 0.227 e. The number of aliphatic hydroxyl groups excluding tert-OH is 1. The third kappa shape index (κ3) is 5.82. The molecule has 2 amide bonds. The summed E-state index contributed by atoms with van der Waals surface area (Å²) in [6.07, 6.45) is 4.11. The summed E-state index contributed by atoms with van der Waals surface area (Å²) in [6.45, 7) is 2.20. The molecule has 0 atom stereocenters. The molecule has 0 radical (unpaired) electrons. The smallest absolute Gasteiger partial charge is 0.227 e. The number of nitrogens with two attached hydrogens (primary N) is 1. The van der Waals surface area contributed by atoms with Crippen LogP contribution in [0.4, 0.5) is 0 Å². The molecular formula is C13H24N2O3S. The Morgan fingerprint density at radius 3 is 2.58 bits per heavy atom. The molecule has 5 nitrogen and oxygen atoms in total. The number of nitrogens with one attached hydrogen (secondary N) is 1. The van der Waals surface area contributed by atoms with Gasteiger partial charge in [0.05, 0.1) is 17.9 Å². The predicted molar refractivity (Wildman–Crippen MR) is 76.7 cm³/mol. The highest BCUT2D eigenvalue weighted by atomic mass is 32.2. The molecule has 0 aromatic heterocycles. The molecule has 110 valence electrons. The van der Waals surface area contributed by atoms with Gasteiger partial charge < -0.3 is 16.2 Å². The Balaban J connectivity index is 2.31. The molecule has 0 saturated heterocycles. The van der Waals surface area contributed by atoms with E-state index in [-0.39, 0.29) is 24.2 Å². The zero-order chi connectivity index (χ0) is 14.3. The quantitative estimate of drug-likeness (QED) is 0.600. The van der Waals surface area contributed by atoms with E-state index in [1.807, 2.05) is 0 Å². The van der Waals surface area contributed by atoms with Crippen LogP contribution in [0.1, 0.15) is 39.0 Å². The molecule has 1 saturated carbocycles. The van der Waals surface area contributed by atoms with Crippen LogP contribution in [-0.4, -0.2) is 40.6 Å². The first-order valence-electron chi connectivity index (χ1n) is 6.75. The van der Waals surface area contributed by atoms with Gasteiger partial charge in [-0.15, -0.1) is 0 Å². The molecule has 0 aromatic carbocycles. The lowest BCUT2D eigenvalue weighted by Crippen LogP contribution is -2.53. The van der Waals surface area contributed by atoms with Crippen LogP contribution < -0.4 is 11.1 Å². The van der Waals surface area contributed by atoms with Crippen molar-refractivity contribution in [3.8, 4) is 0 Å². The standard InChI is InChI=1S/C13H24N2O3S/c1-10-2-5-13(9-16,6-3-10)15-12(18)4-7-19-8-11(14)17/h10,16H,2-9H2,1H3,(H2,14,17)(H,15,18). The summed E-state index contributed by atoms with van der Waals surface area (Å²) in [5.74, 6) is 1.07. The first-order chi connectivity index (χ1) is 8.97. The van der Waals surface area contributed by atoms with Crippen LogP contribution in [0.15, 0.2) is 0 Å². The van der Waals surface area contributed by atoms with Gasteiger partial charge in [-0.1, -0.05) is 6.92 Å². The summed E-state index contributed by atoms with van der Waals surface area (Å²) in [5, 5.41) is 12.5. The molecule has 0 aromatic rings. The number of carbonyl (C=O) groups excluding carboxylic acids is 2. The van der Waals surface area contributed by atoms with Crippen LogP contribution in [0.2, 0.25) is 0 Å². The summed E-state index contributed by atoms with van der Waals surface area (Å²) in [6, 6.07) is 0. The average Bonchev–Trinajstić information content (AvgIpc) is 2.38. The van der Waals surface area contributed by atoms with E-state index < -0.39 is 5.54 Å². The second-order valence-corrected chi connectivity index (χ2v) is 6.54. The fourth-order valence-corrected chi connectivity index (χ4v) is 3.01. The van der Waals surface area contributed by atoms with Gasteiger partial charge in [0.1, 0.15) is 0 Å². The Hall–Kier alpha value is -0.750. The Bertz CT molecular complexity index is 315. The van der Waals surface area contributed by atoms with Gasteiger partial charge in [0.25, 0.3) is 0 Å². The van der Waals surface area contributed by atoms with E-state index in [0.29, 0.717) is 18.1 Å². The molecule has 0 bridgehead atoms. The summed E-state index contributed by atoms with van der Waals surface area (Å²) >= 11 is 1.36. The van der Waals surface area contributed by atoms with Crippen LogP contribution in [-0.2, 0) is 9.59 Å². The molecular weight excluding hydrogens is 264 g/mol. The SMILES string of the molecule is CC1CCC(CO)(NC(=O)CCSCC(N)=O)CC1. The second kappa shape index (κ2) is 7.75. The highest BCUT2D eigenvalue weighted by molar-refractivity contribution is 7.99. The molecule has 1 fully saturated rings. The molecule has 0 heterocycles. The van der Waals surface area contributed by atoms with Crippen molar-refractivity contribution in [3.63, 3.8) is 0 Å². The van der Waals surface area contributed by atoms with Crippen molar-refractivity contribution in [2.45, 2.75) is 44.6 Å². The number of hydrogen-bond acceptors (Lipinski definition) is 4. The number of rotatable bonds is 7. The molecule has 19 heavy (non-hydrogen) atoms. The lowest BCUT2D eigenvalue weighted by Gasteiger charge is -2.38. The first-order valence-corrected chi connectivity index (χ1v) is 7.91. The van der Waals surface area contributed by atoms with Crippen LogP contribution in [0.25, 0.3) is 0 Å². The molecule has 6 heteroatoms. The van der Waals surface area contributed by atoms with Gasteiger partial charge >= 0.3 is 0 Å². The van der Waals surface area contributed by atoms with Crippen LogP contribution in [0.3, 0.4) is 0 Å². The van der Waals surface area contributed by atoms with Gasteiger partial charge in [-0.25, -0.2) is 0 Å². The van der Waals surface area contributed by atoms with Crippen molar-refractivity contribution < 1.29 is 14.7 Å². The molecule has 4 N–H and O–H groups in total. The molecule has 0 spiro atoms. The Morgan fingerprint density at radius 1 is 1.42 bits per heavy atom. The fraction of sp³-hybridized carbons (Fsp3) is 0.846. The second-order valence-electron chi connectivity index (χ2n) is 5.44. The highest BCUT2D eigenvalue weighted by Gasteiger charge is 2.34. The number of aliphatic hydroxyl groups is 1. The lowest BCUT2D eigenvalue weighted by molar-refractivity contribution is -0.124. The van der Waals surface area contributed by atoms with Crippen molar-refractivity contribution in [1.29, 1.82) is 0 Å². The molecule has 0 unspecified atom stereocenters. The minimum absolute atomic E-state index is 0.000110. The molecule has 0 aliphatic heterocycles. The Kier molecular flexibility index (Phi) is 6.65. The van der Waals surface area contributed by atoms with Gasteiger partial charge in [-0.3, -0.25) is 9.59 Å². The van der Waals surface area contributed by atoms with E-state index in [9.17, 15) is 14.7 Å². The topological polar surface area (TPSA) is 92.4 Å². The monoisotopic (exact) mass is 288 g/mol. The number of primary amides is 1. The molecule has 1 aliphatic carbocycles. The zero-order valence-electron chi connectivity index (χ0n) is 11.5. The van der Waals surface area contributed by atoms with Crippen molar-refractivity contribution in [2.75, 3.05) is 18.1 Å².